The van der Waals surface area contributed by atoms with Crippen LogP contribution < -0.4 is 14.8 Å². The number of benzene rings is 1. The Morgan fingerprint density at radius 1 is 1.11 bits per heavy atom. The summed E-state index contributed by atoms with van der Waals surface area (Å²) in [7, 11) is 0. The van der Waals surface area contributed by atoms with Gasteiger partial charge in [0.25, 0.3) is 0 Å². The highest BCUT2D eigenvalue weighted by atomic mass is 16.7. The van der Waals surface area contributed by atoms with Crippen molar-refractivity contribution in [3.63, 3.8) is 0 Å². The molecule has 0 amide bonds. The minimum Gasteiger partial charge on any atom is -0.454 e. The first-order valence-corrected chi connectivity index (χ1v) is 7.27. The number of hydrogen-bond acceptors (Lipinski definition) is 3. The van der Waals surface area contributed by atoms with Crippen molar-refractivity contribution < 1.29 is 9.47 Å². The Bertz CT molecular complexity index is 404. The third kappa shape index (κ3) is 4.43. The Morgan fingerprint density at radius 3 is 2.68 bits per heavy atom. The van der Waals surface area contributed by atoms with Crippen molar-refractivity contribution in [2.75, 3.05) is 13.3 Å². The van der Waals surface area contributed by atoms with E-state index in [1.807, 2.05) is 6.07 Å². The zero-order chi connectivity index (χ0) is 13.7. The van der Waals surface area contributed by atoms with Gasteiger partial charge in [0.05, 0.1) is 0 Å². The number of ether oxygens (including phenoxy) is 2. The Hall–Kier alpha value is -1.22. The summed E-state index contributed by atoms with van der Waals surface area (Å²) in [6.45, 7) is 8.25. The second-order valence-electron chi connectivity index (χ2n) is 5.76. The van der Waals surface area contributed by atoms with Crippen molar-refractivity contribution in [3.05, 3.63) is 23.8 Å². The molecule has 0 aromatic heterocycles. The van der Waals surface area contributed by atoms with Crippen LogP contribution in [0.1, 0.15) is 39.2 Å². The highest BCUT2D eigenvalue weighted by Crippen LogP contribution is 2.32. The maximum absolute atomic E-state index is 5.40. The molecule has 0 aliphatic carbocycles. The van der Waals surface area contributed by atoms with Crippen LogP contribution in [0.5, 0.6) is 11.5 Å². The van der Waals surface area contributed by atoms with Gasteiger partial charge >= 0.3 is 0 Å². The van der Waals surface area contributed by atoms with Gasteiger partial charge < -0.3 is 14.8 Å². The Labute approximate surface area is 116 Å². The van der Waals surface area contributed by atoms with Crippen LogP contribution in [0.25, 0.3) is 0 Å². The van der Waals surface area contributed by atoms with E-state index in [4.69, 9.17) is 9.47 Å². The third-order valence-corrected chi connectivity index (χ3v) is 3.52. The number of rotatable bonds is 7. The van der Waals surface area contributed by atoms with E-state index in [2.05, 4.69) is 38.2 Å². The summed E-state index contributed by atoms with van der Waals surface area (Å²) in [5, 5.41) is 3.58. The fraction of sp³-hybridized carbons (Fsp3) is 0.625. The van der Waals surface area contributed by atoms with Gasteiger partial charge in [-0.15, -0.1) is 0 Å². The van der Waals surface area contributed by atoms with Crippen LogP contribution in [0.3, 0.4) is 0 Å². The van der Waals surface area contributed by atoms with E-state index >= 15 is 0 Å². The molecule has 0 spiro atoms. The van der Waals surface area contributed by atoms with Crippen LogP contribution in [-0.4, -0.2) is 19.4 Å². The molecule has 19 heavy (non-hydrogen) atoms. The number of fused-ring (bicyclic) bond motifs is 1. The van der Waals surface area contributed by atoms with Crippen molar-refractivity contribution in [1.82, 2.24) is 5.32 Å². The van der Waals surface area contributed by atoms with Crippen molar-refractivity contribution in [2.24, 2.45) is 5.92 Å². The zero-order valence-electron chi connectivity index (χ0n) is 12.2. The van der Waals surface area contributed by atoms with Crippen molar-refractivity contribution >= 4 is 0 Å². The molecule has 1 heterocycles. The predicted octanol–water partition coefficient (Wildman–Crippen LogP) is 3.37. The molecule has 0 saturated carbocycles. The van der Waals surface area contributed by atoms with Gasteiger partial charge in [0, 0.05) is 6.04 Å². The molecule has 3 heteroatoms. The highest BCUT2D eigenvalue weighted by Gasteiger charge is 2.13. The fourth-order valence-electron chi connectivity index (χ4n) is 2.20. The number of hydrogen-bond donors (Lipinski definition) is 1. The summed E-state index contributed by atoms with van der Waals surface area (Å²) in [5.41, 5.74) is 1.32. The van der Waals surface area contributed by atoms with Crippen LogP contribution in [0.15, 0.2) is 18.2 Å². The molecule has 0 radical (unpaired) electrons. The van der Waals surface area contributed by atoms with E-state index in [1.165, 1.54) is 12.0 Å². The molecular formula is C16H25NO2. The summed E-state index contributed by atoms with van der Waals surface area (Å²) in [6, 6.07) is 6.80. The third-order valence-electron chi connectivity index (χ3n) is 3.52. The van der Waals surface area contributed by atoms with Gasteiger partial charge in [-0.1, -0.05) is 19.9 Å². The second-order valence-corrected chi connectivity index (χ2v) is 5.76. The Kier molecular flexibility index (Phi) is 5.08. The first kappa shape index (κ1) is 14.2. The van der Waals surface area contributed by atoms with Crippen molar-refractivity contribution in [1.29, 1.82) is 0 Å². The lowest BCUT2D eigenvalue weighted by Crippen LogP contribution is -2.28. The standard InChI is InChI=1S/C16H25NO2/c1-12(2)8-9-17-13(3)4-5-14-6-7-15-16(10-14)19-11-18-15/h6-7,10,12-13,17H,4-5,8-9,11H2,1-3H3. The minimum atomic E-state index is 0.353. The topological polar surface area (TPSA) is 30.5 Å². The molecule has 0 bridgehead atoms. The molecule has 1 N–H and O–H groups in total. The van der Waals surface area contributed by atoms with Gasteiger partial charge in [0.15, 0.2) is 11.5 Å². The molecule has 1 aliphatic rings. The molecule has 1 unspecified atom stereocenters. The van der Waals surface area contributed by atoms with Gasteiger partial charge in [-0.3, -0.25) is 0 Å². The van der Waals surface area contributed by atoms with E-state index in [9.17, 15) is 0 Å². The molecule has 0 saturated heterocycles. The quantitative estimate of drug-likeness (QED) is 0.818. The van der Waals surface area contributed by atoms with Crippen LogP contribution in [-0.2, 0) is 6.42 Å². The summed E-state index contributed by atoms with van der Waals surface area (Å²) in [5.74, 6) is 2.53. The molecule has 1 aliphatic heterocycles. The maximum Gasteiger partial charge on any atom is 0.231 e. The summed E-state index contributed by atoms with van der Waals surface area (Å²) < 4.78 is 10.7. The van der Waals surface area contributed by atoms with Gasteiger partial charge in [0.2, 0.25) is 6.79 Å². The van der Waals surface area contributed by atoms with Gasteiger partial charge in [-0.2, -0.15) is 0 Å². The second kappa shape index (κ2) is 6.80. The molecule has 106 valence electrons. The maximum atomic E-state index is 5.40. The smallest absolute Gasteiger partial charge is 0.231 e. The summed E-state index contributed by atoms with van der Waals surface area (Å²) >= 11 is 0. The van der Waals surface area contributed by atoms with E-state index < -0.39 is 0 Å². The summed E-state index contributed by atoms with van der Waals surface area (Å²) in [6.07, 6.45) is 3.47. The molecule has 1 aromatic rings. The van der Waals surface area contributed by atoms with Gasteiger partial charge in [-0.05, 0) is 56.3 Å². The van der Waals surface area contributed by atoms with Crippen molar-refractivity contribution in [2.45, 2.75) is 46.1 Å². The average molecular weight is 263 g/mol. The minimum absolute atomic E-state index is 0.353. The van der Waals surface area contributed by atoms with E-state index in [0.717, 1.165) is 36.8 Å². The first-order chi connectivity index (χ1) is 9.15. The van der Waals surface area contributed by atoms with E-state index in [1.54, 1.807) is 0 Å². The van der Waals surface area contributed by atoms with Gasteiger partial charge in [0.1, 0.15) is 0 Å². The molecule has 2 rings (SSSR count). The SMILES string of the molecule is CC(C)CCNC(C)CCc1ccc2c(c1)OCO2. The molecule has 1 atom stereocenters. The predicted molar refractivity (Wildman–Crippen MR) is 77.8 cm³/mol. The Morgan fingerprint density at radius 2 is 1.89 bits per heavy atom. The van der Waals surface area contributed by atoms with E-state index in [0.29, 0.717) is 12.8 Å². The van der Waals surface area contributed by atoms with Crippen LogP contribution in [0.2, 0.25) is 0 Å². The monoisotopic (exact) mass is 263 g/mol. The van der Waals surface area contributed by atoms with Gasteiger partial charge in [-0.25, -0.2) is 0 Å². The van der Waals surface area contributed by atoms with Crippen LogP contribution >= 0.6 is 0 Å². The Balaban J connectivity index is 1.73. The highest BCUT2D eigenvalue weighted by molar-refractivity contribution is 5.44. The number of nitrogens with one attached hydrogen (secondary N) is 1. The molecule has 1 aromatic carbocycles. The van der Waals surface area contributed by atoms with Crippen molar-refractivity contribution in [3.8, 4) is 11.5 Å². The fourth-order valence-corrected chi connectivity index (χ4v) is 2.20. The molecule has 3 nitrogen and oxygen atoms in total. The normalized spacial score (nSPS) is 14.9. The number of aryl methyl sites for hydroxylation is 1. The average Bonchev–Trinajstić information content (AvgIpc) is 2.83. The lowest BCUT2D eigenvalue weighted by atomic mass is 10.0. The largest absolute Gasteiger partial charge is 0.454 e. The summed E-state index contributed by atoms with van der Waals surface area (Å²) in [4.78, 5) is 0. The lowest BCUT2D eigenvalue weighted by Gasteiger charge is -2.14. The van der Waals surface area contributed by atoms with Crippen LogP contribution in [0, 0.1) is 5.92 Å². The lowest BCUT2D eigenvalue weighted by molar-refractivity contribution is 0.174. The zero-order valence-corrected chi connectivity index (χ0v) is 12.2. The van der Waals surface area contributed by atoms with E-state index in [-0.39, 0.29) is 0 Å². The molecule has 0 fully saturated rings. The first-order valence-electron chi connectivity index (χ1n) is 7.27. The van der Waals surface area contributed by atoms with Crippen LogP contribution in [0.4, 0.5) is 0 Å². The molecular weight excluding hydrogens is 238 g/mol.